The van der Waals surface area contributed by atoms with Crippen molar-refractivity contribution in [1.82, 2.24) is 5.32 Å². The van der Waals surface area contributed by atoms with Crippen molar-refractivity contribution in [3.8, 4) is 5.75 Å². The van der Waals surface area contributed by atoms with E-state index < -0.39 is 0 Å². The fraction of sp³-hybridized carbons (Fsp3) is 0.316. The van der Waals surface area contributed by atoms with Crippen LogP contribution in [-0.2, 0) is 17.8 Å². The van der Waals surface area contributed by atoms with Gasteiger partial charge in [-0.2, -0.15) is 0 Å². The molecule has 1 amide bonds. The van der Waals surface area contributed by atoms with Crippen molar-refractivity contribution in [2.24, 2.45) is 0 Å². The molecule has 0 aromatic heterocycles. The molecule has 128 valence electrons. The number of aliphatic hydroxyl groups excluding tert-OH is 1. The van der Waals surface area contributed by atoms with Crippen LogP contribution >= 0.6 is 11.6 Å². The molecule has 0 saturated heterocycles. The zero-order valence-electron chi connectivity index (χ0n) is 13.7. The second-order valence-corrected chi connectivity index (χ2v) is 6.16. The largest absolute Gasteiger partial charge is 0.489 e. The lowest BCUT2D eigenvalue weighted by Crippen LogP contribution is -2.34. The number of benzene rings is 2. The van der Waals surface area contributed by atoms with Crippen molar-refractivity contribution in [3.05, 3.63) is 64.7 Å². The van der Waals surface area contributed by atoms with E-state index in [0.717, 1.165) is 11.1 Å². The van der Waals surface area contributed by atoms with Crippen molar-refractivity contribution in [2.75, 3.05) is 6.61 Å². The van der Waals surface area contributed by atoms with Crippen molar-refractivity contribution in [1.29, 1.82) is 0 Å². The van der Waals surface area contributed by atoms with Crippen LogP contribution in [0.1, 0.15) is 24.5 Å². The van der Waals surface area contributed by atoms with Gasteiger partial charge in [-0.15, -0.1) is 0 Å². The Morgan fingerprint density at radius 3 is 2.71 bits per heavy atom. The van der Waals surface area contributed by atoms with Crippen LogP contribution in [-0.4, -0.2) is 23.7 Å². The van der Waals surface area contributed by atoms with Crippen molar-refractivity contribution >= 4 is 17.5 Å². The highest BCUT2D eigenvalue weighted by Crippen LogP contribution is 2.17. The van der Waals surface area contributed by atoms with E-state index in [1.165, 1.54) is 0 Å². The molecule has 4 nitrogen and oxygen atoms in total. The van der Waals surface area contributed by atoms with Gasteiger partial charge in [0.25, 0.3) is 0 Å². The molecule has 5 heteroatoms. The van der Waals surface area contributed by atoms with Crippen LogP contribution < -0.4 is 10.1 Å². The number of hydrogen-bond acceptors (Lipinski definition) is 3. The summed E-state index contributed by atoms with van der Waals surface area (Å²) in [5.41, 5.74) is 1.87. The van der Waals surface area contributed by atoms with E-state index in [-0.39, 0.29) is 25.0 Å². The third-order valence-electron chi connectivity index (χ3n) is 3.53. The number of rotatable bonds is 8. The summed E-state index contributed by atoms with van der Waals surface area (Å²) in [7, 11) is 0. The van der Waals surface area contributed by atoms with Crippen LogP contribution in [0.4, 0.5) is 0 Å². The van der Waals surface area contributed by atoms with E-state index in [2.05, 4.69) is 5.32 Å². The molecule has 0 heterocycles. The summed E-state index contributed by atoms with van der Waals surface area (Å²) in [6.45, 7) is 2.36. The number of carbonyl (C=O) groups is 1. The molecule has 0 spiro atoms. The van der Waals surface area contributed by atoms with Crippen LogP contribution in [0, 0.1) is 0 Å². The normalized spacial score (nSPS) is 11.8. The molecule has 0 aliphatic rings. The Balaban J connectivity index is 1.90. The maximum atomic E-state index is 12.0. The lowest BCUT2D eigenvalue weighted by atomic mass is 10.1. The van der Waals surface area contributed by atoms with Gasteiger partial charge < -0.3 is 15.2 Å². The number of carbonyl (C=O) groups excluding carboxylic acids is 1. The average molecular weight is 348 g/mol. The third kappa shape index (κ3) is 6.22. The molecule has 0 radical (unpaired) electrons. The number of amides is 1. The van der Waals surface area contributed by atoms with E-state index >= 15 is 0 Å². The van der Waals surface area contributed by atoms with Gasteiger partial charge in [-0.1, -0.05) is 35.9 Å². The summed E-state index contributed by atoms with van der Waals surface area (Å²) < 4.78 is 5.77. The summed E-state index contributed by atoms with van der Waals surface area (Å²) in [4.78, 5) is 12.0. The fourth-order valence-electron chi connectivity index (χ4n) is 2.32. The summed E-state index contributed by atoms with van der Waals surface area (Å²) in [5, 5.41) is 12.4. The Hall–Kier alpha value is -2.04. The number of hydrogen-bond donors (Lipinski definition) is 2. The molecule has 2 aromatic rings. The highest BCUT2D eigenvalue weighted by Gasteiger charge is 2.08. The van der Waals surface area contributed by atoms with Gasteiger partial charge in [-0.05, 0) is 48.7 Å². The zero-order chi connectivity index (χ0) is 17.4. The minimum absolute atomic E-state index is 0.0373. The minimum atomic E-state index is -0.0667. The number of aliphatic hydroxyl groups is 1. The predicted octanol–water partition coefficient (Wildman–Crippen LogP) is 3.35. The first-order valence-electron chi connectivity index (χ1n) is 7.93. The maximum absolute atomic E-state index is 12.0. The molecule has 2 rings (SSSR count). The van der Waals surface area contributed by atoms with Gasteiger partial charge in [-0.3, -0.25) is 4.79 Å². The Morgan fingerprint density at radius 1 is 1.21 bits per heavy atom. The molecule has 0 saturated carbocycles. The predicted molar refractivity (Wildman–Crippen MR) is 95.2 cm³/mol. The highest BCUT2D eigenvalue weighted by molar-refractivity contribution is 6.30. The highest BCUT2D eigenvalue weighted by atomic mass is 35.5. The quantitative estimate of drug-likeness (QED) is 0.770. The molecule has 0 bridgehead atoms. The van der Waals surface area contributed by atoms with Gasteiger partial charge in [-0.25, -0.2) is 0 Å². The Labute approximate surface area is 147 Å². The third-order valence-corrected chi connectivity index (χ3v) is 3.76. The molecule has 2 aromatic carbocycles. The molecular formula is C19H22ClNO3. The molecule has 1 atom stereocenters. The van der Waals surface area contributed by atoms with Crippen LogP contribution in [0.25, 0.3) is 0 Å². The Bertz CT molecular complexity index is 675. The molecule has 0 fully saturated rings. The van der Waals surface area contributed by atoms with Crippen molar-refractivity contribution in [2.45, 2.75) is 32.4 Å². The Morgan fingerprint density at radius 2 is 1.96 bits per heavy atom. The smallest absolute Gasteiger partial charge is 0.224 e. The lowest BCUT2D eigenvalue weighted by molar-refractivity contribution is -0.121. The first kappa shape index (κ1) is 18.3. The standard InChI is InChI=1S/C19H22ClNO3/c1-14(8-9-22)21-19(23)12-15-4-3-7-18(11-15)24-13-16-5-2-6-17(20)10-16/h2-7,10-11,14,22H,8-9,12-13H2,1H3,(H,21,23). The number of ether oxygens (including phenoxy) is 1. The van der Waals surface area contributed by atoms with Crippen LogP contribution in [0.3, 0.4) is 0 Å². The molecule has 0 aliphatic heterocycles. The second kappa shape index (κ2) is 9.30. The van der Waals surface area contributed by atoms with Gasteiger partial charge in [0.2, 0.25) is 5.91 Å². The van der Waals surface area contributed by atoms with Gasteiger partial charge >= 0.3 is 0 Å². The van der Waals surface area contributed by atoms with Gasteiger partial charge in [0.05, 0.1) is 6.42 Å². The number of nitrogens with one attached hydrogen (secondary N) is 1. The molecule has 1 unspecified atom stereocenters. The summed E-state index contributed by atoms with van der Waals surface area (Å²) >= 11 is 5.96. The lowest BCUT2D eigenvalue weighted by Gasteiger charge is -2.13. The van der Waals surface area contributed by atoms with Gasteiger partial charge in [0.15, 0.2) is 0 Å². The van der Waals surface area contributed by atoms with E-state index in [0.29, 0.717) is 23.8 Å². The van der Waals surface area contributed by atoms with Gasteiger partial charge in [0, 0.05) is 17.7 Å². The first-order chi connectivity index (χ1) is 11.6. The zero-order valence-corrected chi connectivity index (χ0v) is 14.4. The molecule has 0 aliphatic carbocycles. The van der Waals surface area contributed by atoms with Crippen LogP contribution in [0.2, 0.25) is 5.02 Å². The minimum Gasteiger partial charge on any atom is -0.489 e. The second-order valence-electron chi connectivity index (χ2n) is 5.72. The van der Waals surface area contributed by atoms with Crippen molar-refractivity contribution in [3.63, 3.8) is 0 Å². The molecular weight excluding hydrogens is 326 g/mol. The first-order valence-corrected chi connectivity index (χ1v) is 8.31. The van der Waals surface area contributed by atoms with Gasteiger partial charge in [0.1, 0.15) is 12.4 Å². The average Bonchev–Trinajstić information content (AvgIpc) is 2.53. The SMILES string of the molecule is CC(CCO)NC(=O)Cc1cccc(OCc2cccc(Cl)c2)c1. The maximum Gasteiger partial charge on any atom is 0.224 e. The van der Waals surface area contributed by atoms with E-state index in [1.54, 1.807) is 0 Å². The molecule has 24 heavy (non-hydrogen) atoms. The summed E-state index contributed by atoms with van der Waals surface area (Å²) in [5.74, 6) is 0.645. The summed E-state index contributed by atoms with van der Waals surface area (Å²) in [6, 6.07) is 15.0. The fourth-order valence-corrected chi connectivity index (χ4v) is 2.53. The summed E-state index contributed by atoms with van der Waals surface area (Å²) in [6.07, 6.45) is 0.832. The van der Waals surface area contributed by atoms with E-state index in [4.69, 9.17) is 21.4 Å². The molecule has 2 N–H and O–H groups in total. The van der Waals surface area contributed by atoms with Crippen LogP contribution in [0.15, 0.2) is 48.5 Å². The Kier molecular flexibility index (Phi) is 7.09. The van der Waals surface area contributed by atoms with E-state index in [9.17, 15) is 4.79 Å². The topological polar surface area (TPSA) is 58.6 Å². The monoisotopic (exact) mass is 347 g/mol. The van der Waals surface area contributed by atoms with E-state index in [1.807, 2.05) is 55.5 Å². The van der Waals surface area contributed by atoms with Crippen molar-refractivity contribution < 1.29 is 14.6 Å². The van der Waals surface area contributed by atoms with Crippen LogP contribution in [0.5, 0.6) is 5.75 Å². The number of halogens is 1.